The van der Waals surface area contributed by atoms with Gasteiger partial charge >= 0.3 is 0 Å². The Morgan fingerprint density at radius 3 is 2.07 bits per heavy atom. The van der Waals surface area contributed by atoms with Crippen molar-refractivity contribution in [3.8, 4) is 46.0 Å². The number of hydrogen-bond donors (Lipinski definition) is 1. The van der Waals surface area contributed by atoms with Crippen molar-refractivity contribution in [1.82, 2.24) is 9.80 Å². The van der Waals surface area contributed by atoms with Gasteiger partial charge in [0.25, 0.3) is 0 Å². The molecule has 0 unspecified atom stereocenters. The molecule has 0 amide bonds. The quantitative estimate of drug-likeness (QED) is 0.250. The summed E-state index contributed by atoms with van der Waals surface area (Å²) < 4.78 is 31.0. The van der Waals surface area contributed by atoms with Crippen LogP contribution >= 0.6 is 12.4 Å². The van der Waals surface area contributed by atoms with Gasteiger partial charge in [-0.2, -0.15) is 0 Å². The third-order valence-electron chi connectivity index (χ3n) is 9.64. The topological polar surface area (TPSA) is 72.9 Å². The lowest BCUT2D eigenvalue weighted by Gasteiger charge is -2.37. The van der Waals surface area contributed by atoms with Crippen LogP contribution in [0, 0.1) is 0 Å². The van der Waals surface area contributed by atoms with Crippen LogP contribution in [0.4, 0.5) is 0 Å². The summed E-state index contributed by atoms with van der Waals surface area (Å²) in [7, 11) is 9.33. The molecule has 0 aromatic heterocycles. The number of aromatic hydroxyl groups is 1. The van der Waals surface area contributed by atoms with E-state index in [1.807, 2.05) is 24.3 Å². The summed E-state index contributed by atoms with van der Waals surface area (Å²) in [5.41, 5.74) is 6.93. The minimum atomic E-state index is -0.0402. The lowest BCUT2D eigenvalue weighted by atomic mass is 9.87. The van der Waals surface area contributed by atoms with Gasteiger partial charge in [0, 0.05) is 30.7 Å². The van der Waals surface area contributed by atoms with E-state index in [2.05, 4.69) is 54.2 Å². The van der Waals surface area contributed by atoms with E-state index in [1.54, 1.807) is 27.4 Å². The molecule has 0 saturated heterocycles. The highest BCUT2D eigenvalue weighted by molar-refractivity contribution is 5.85. The molecule has 4 heterocycles. The van der Waals surface area contributed by atoms with E-state index in [9.17, 15) is 5.11 Å². The van der Waals surface area contributed by atoms with Gasteiger partial charge in [-0.3, -0.25) is 9.80 Å². The third kappa shape index (κ3) is 5.70. The maximum Gasteiger partial charge on any atom is 0.204 e. The number of hydrogen-bond acceptors (Lipinski definition) is 8. The minimum absolute atomic E-state index is 0. The normalized spacial score (nSPS) is 19.0. The summed E-state index contributed by atoms with van der Waals surface area (Å²) in [6, 6.07) is 20.3. The molecule has 0 spiro atoms. The first-order chi connectivity index (χ1) is 21.9. The molecule has 0 saturated carbocycles. The molecule has 6 bridgehead atoms. The van der Waals surface area contributed by atoms with Crippen LogP contribution in [-0.4, -0.2) is 63.4 Å². The Morgan fingerprint density at radius 1 is 0.696 bits per heavy atom. The van der Waals surface area contributed by atoms with Crippen LogP contribution < -0.4 is 23.7 Å². The highest BCUT2D eigenvalue weighted by atomic mass is 35.5. The van der Waals surface area contributed by atoms with Crippen molar-refractivity contribution in [3.63, 3.8) is 0 Å². The summed E-state index contributed by atoms with van der Waals surface area (Å²) in [6.07, 6.45) is 3.25. The fraction of sp³-hybridized carbons (Fsp3) is 0.351. The molecule has 8 nitrogen and oxygen atoms in total. The maximum atomic E-state index is 10.7. The largest absolute Gasteiger partial charge is 0.504 e. The number of rotatable bonds is 3. The molecular weight excluding hydrogens is 604 g/mol. The number of benzene rings is 4. The highest BCUT2D eigenvalue weighted by Crippen LogP contribution is 2.52. The van der Waals surface area contributed by atoms with Gasteiger partial charge in [-0.15, -0.1) is 12.4 Å². The fourth-order valence-electron chi connectivity index (χ4n) is 7.11. The van der Waals surface area contributed by atoms with E-state index in [1.165, 1.54) is 16.7 Å². The molecule has 242 valence electrons. The standard InChI is InChI=1S/C37H40N2O6.ClH/c1-38-14-12-24-19-32(41-3)33-21-27(24)28(38)16-22-6-9-26(10-7-22)44-31-18-23(8-11-30(31)40)17-29-35-25(13-15-39(29)2)20-34(42-4)36(43-5)37(35)45-33;/h6-11,18-21,28-29,40H,12-17H2,1-5H3;1H/t28-,29+;/m1./s1. The summed E-state index contributed by atoms with van der Waals surface area (Å²) >= 11 is 0. The molecule has 2 atom stereocenters. The average molecular weight is 645 g/mol. The van der Waals surface area contributed by atoms with Gasteiger partial charge in [0.2, 0.25) is 5.75 Å². The predicted octanol–water partition coefficient (Wildman–Crippen LogP) is 7.28. The molecule has 0 aliphatic carbocycles. The Morgan fingerprint density at radius 2 is 1.35 bits per heavy atom. The predicted molar refractivity (Wildman–Crippen MR) is 180 cm³/mol. The van der Waals surface area contributed by atoms with Crippen molar-refractivity contribution in [2.75, 3.05) is 48.5 Å². The van der Waals surface area contributed by atoms with Gasteiger partial charge in [0.05, 0.1) is 21.3 Å². The second-order valence-corrected chi connectivity index (χ2v) is 12.3. The van der Waals surface area contributed by atoms with Crippen molar-refractivity contribution in [1.29, 1.82) is 0 Å². The molecule has 4 aliphatic rings. The Balaban J connectivity index is 0.00000372. The number of likely N-dealkylation sites (N-methyl/N-ethyl adjacent to an activating group) is 2. The number of halogens is 1. The van der Waals surface area contributed by atoms with Crippen molar-refractivity contribution < 1.29 is 28.8 Å². The maximum absolute atomic E-state index is 10.7. The zero-order valence-electron chi connectivity index (χ0n) is 27.0. The Hall–Kier alpha value is -4.11. The molecule has 9 heteroatoms. The van der Waals surface area contributed by atoms with Crippen LogP contribution in [0.25, 0.3) is 0 Å². The van der Waals surface area contributed by atoms with E-state index in [0.717, 1.165) is 49.0 Å². The van der Waals surface area contributed by atoms with Crippen LogP contribution in [0.2, 0.25) is 0 Å². The van der Waals surface area contributed by atoms with Crippen LogP contribution in [0.15, 0.2) is 60.7 Å². The SMILES string of the molecule is COc1cc2c3cc1Oc1c(OC)c(OC)cc4c1[C@H](Cc1ccc(O)c(c1)Oc1ccc(cc1)C[C@H]3N(C)CC2)N(C)CC4.Cl. The number of methoxy groups -OCH3 is 3. The number of phenols is 1. The molecule has 4 aromatic rings. The molecule has 4 aromatic carbocycles. The Labute approximate surface area is 276 Å². The van der Waals surface area contributed by atoms with Gasteiger partial charge in [-0.05, 0) is 110 Å². The summed E-state index contributed by atoms with van der Waals surface area (Å²) in [5, 5.41) is 10.7. The molecule has 8 rings (SSSR count). The van der Waals surface area contributed by atoms with Gasteiger partial charge in [-0.1, -0.05) is 18.2 Å². The van der Waals surface area contributed by atoms with Crippen LogP contribution in [0.3, 0.4) is 0 Å². The van der Waals surface area contributed by atoms with Crippen molar-refractivity contribution in [2.45, 2.75) is 37.8 Å². The van der Waals surface area contributed by atoms with E-state index < -0.39 is 0 Å². The average Bonchev–Trinajstić information content (AvgIpc) is 3.05. The number of nitrogens with zero attached hydrogens (tertiary/aromatic N) is 2. The van der Waals surface area contributed by atoms with E-state index in [0.29, 0.717) is 46.7 Å². The molecule has 0 radical (unpaired) electrons. The number of phenolic OH excluding ortho intramolecular Hbond substituents is 1. The number of ether oxygens (including phenoxy) is 5. The highest BCUT2D eigenvalue weighted by Gasteiger charge is 2.34. The van der Waals surface area contributed by atoms with Crippen LogP contribution in [0.5, 0.6) is 46.0 Å². The van der Waals surface area contributed by atoms with Gasteiger partial charge in [0.1, 0.15) is 5.75 Å². The van der Waals surface area contributed by atoms with E-state index in [-0.39, 0.29) is 30.2 Å². The molecular formula is C37H41ClN2O6. The lowest BCUT2D eigenvalue weighted by molar-refractivity contribution is 0.220. The zero-order chi connectivity index (χ0) is 31.2. The van der Waals surface area contributed by atoms with Crippen molar-refractivity contribution in [3.05, 3.63) is 94.0 Å². The zero-order valence-corrected chi connectivity index (χ0v) is 27.8. The van der Waals surface area contributed by atoms with E-state index >= 15 is 0 Å². The number of fused-ring (bicyclic) bond motifs is 2. The fourth-order valence-corrected chi connectivity index (χ4v) is 7.11. The second kappa shape index (κ2) is 12.9. The third-order valence-corrected chi connectivity index (χ3v) is 9.64. The van der Waals surface area contributed by atoms with Crippen LogP contribution in [0.1, 0.15) is 45.5 Å². The van der Waals surface area contributed by atoms with Gasteiger partial charge in [0.15, 0.2) is 34.5 Å². The van der Waals surface area contributed by atoms with Gasteiger partial charge in [-0.25, -0.2) is 0 Å². The smallest absolute Gasteiger partial charge is 0.204 e. The Bertz CT molecular complexity index is 1740. The molecule has 1 N–H and O–H groups in total. The molecule has 0 fully saturated rings. The monoisotopic (exact) mass is 644 g/mol. The molecule has 46 heavy (non-hydrogen) atoms. The summed E-state index contributed by atoms with van der Waals surface area (Å²) in [5.74, 6) is 4.37. The minimum Gasteiger partial charge on any atom is -0.504 e. The summed E-state index contributed by atoms with van der Waals surface area (Å²) in [6.45, 7) is 1.82. The van der Waals surface area contributed by atoms with Crippen LogP contribution in [-0.2, 0) is 25.7 Å². The van der Waals surface area contributed by atoms with Crippen molar-refractivity contribution in [2.24, 2.45) is 0 Å². The Kier molecular flexibility index (Phi) is 8.97. The summed E-state index contributed by atoms with van der Waals surface area (Å²) in [4.78, 5) is 4.75. The first kappa shape index (κ1) is 31.9. The van der Waals surface area contributed by atoms with E-state index in [4.69, 9.17) is 23.7 Å². The first-order valence-corrected chi connectivity index (χ1v) is 15.5. The van der Waals surface area contributed by atoms with Gasteiger partial charge < -0.3 is 28.8 Å². The first-order valence-electron chi connectivity index (χ1n) is 15.5. The second-order valence-electron chi connectivity index (χ2n) is 12.3. The lowest BCUT2D eigenvalue weighted by Crippen LogP contribution is -2.34. The van der Waals surface area contributed by atoms with Crippen molar-refractivity contribution >= 4 is 12.4 Å². The molecule has 4 aliphatic heterocycles.